The van der Waals surface area contributed by atoms with Crippen LogP contribution in [0.3, 0.4) is 0 Å². The van der Waals surface area contributed by atoms with Crippen molar-refractivity contribution in [1.29, 1.82) is 0 Å². The molecule has 0 amide bonds. The number of fused-ring (bicyclic) bond motifs is 1. The van der Waals surface area contributed by atoms with Crippen molar-refractivity contribution in [3.63, 3.8) is 0 Å². The molecule has 2 aromatic rings. The van der Waals surface area contributed by atoms with Crippen molar-refractivity contribution in [3.8, 4) is 0 Å². The largest absolute Gasteiger partial charge is 0.443 e. The van der Waals surface area contributed by atoms with E-state index in [9.17, 15) is 19.2 Å². The van der Waals surface area contributed by atoms with Crippen molar-refractivity contribution < 1.29 is 19.1 Å². The molecule has 0 N–H and O–H groups in total. The fraction of sp³-hybridized carbons (Fsp3) is 0.720. The first-order chi connectivity index (χ1) is 16.3. The highest BCUT2D eigenvalue weighted by atomic mass is 16.5. The van der Waals surface area contributed by atoms with Gasteiger partial charge < -0.3 is 9.47 Å². The lowest BCUT2D eigenvalue weighted by atomic mass is 9.97. The van der Waals surface area contributed by atoms with Crippen LogP contribution in [0.4, 0.5) is 0 Å². The van der Waals surface area contributed by atoms with Crippen molar-refractivity contribution in [2.75, 3.05) is 0 Å². The number of rotatable bonds is 7. The number of hydrogen-bond donors (Lipinski definition) is 0. The van der Waals surface area contributed by atoms with Gasteiger partial charge in [0.05, 0.1) is 10.8 Å². The van der Waals surface area contributed by atoms with Gasteiger partial charge in [-0.15, -0.1) is 0 Å². The minimum absolute atomic E-state index is 0.0791. The first-order valence-electron chi connectivity index (χ1n) is 12.4. The molecule has 0 radical (unpaired) electrons. The van der Waals surface area contributed by atoms with Gasteiger partial charge in [0.1, 0.15) is 5.82 Å². The Kier molecular flexibility index (Phi) is 7.62. The number of aromatic nitrogens is 4. The molecule has 0 aromatic carbocycles. The lowest BCUT2D eigenvalue weighted by Gasteiger charge is -2.19. The molecule has 1 aliphatic carbocycles. The molecule has 3 rings (SSSR count). The van der Waals surface area contributed by atoms with Crippen LogP contribution >= 0.6 is 0 Å². The Balaban J connectivity index is 2.21. The molecule has 0 aliphatic heterocycles. The molecule has 10 heteroatoms. The van der Waals surface area contributed by atoms with Crippen molar-refractivity contribution in [1.82, 2.24) is 18.7 Å². The van der Waals surface area contributed by atoms with Gasteiger partial charge in [0.2, 0.25) is 0 Å². The quantitative estimate of drug-likeness (QED) is 0.546. The molecule has 1 saturated carbocycles. The van der Waals surface area contributed by atoms with Crippen LogP contribution < -0.4 is 11.2 Å². The van der Waals surface area contributed by atoms with E-state index < -0.39 is 34.0 Å². The number of carbonyl (C=O) groups is 2. The zero-order chi connectivity index (χ0) is 26.1. The summed E-state index contributed by atoms with van der Waals surface area (Å²) in [6.45, 7) is 12.0. The topological polar surface area (TPSA) is 114 Å². The van der Waals surface area contributed by atoms with Crippen LogP contribution in [0.1, 0.15) is 92.3 Å². The van der Waals surface area contributed by atoms with Crippen molar-refractivity contribution in [2.24, 2.45) is 10.8 Å². The van der Waals surface area contributed by atoms with Crippen molar-refractivity contribution >= 4 is 23.1 Å². The lowest BCUT2D eigenvalue weighted by Crippen LogP contribution is -2.41. The predicted octanol–water partition coefficient (Wildman–Crippen LogP) is 3.52. The number of nitrogens with zero attached hydrogens (tertiary/aromatic N) is 4. The molecule has 2 aromatic heterocycles. The van der Waals surface area contributed by atoms with Gasteiger partial charge >= 0.3 is 17.6 Å². The van der Waals surface area contributed by atoms with E-state index in [1.165, 1.54) is 4.57 Å². The average molecular weight is 491 g/mol. The summed E-state index contributed by atoms with van der Waals surface area (Å²) >= 11 is 0. The molecule has 0 unspecified atom stereocenters. The molecule has 10 nitrogen and oxygen atoms in total. The summed E-state index contributed by atoms with van der Waals surface area (Å²) in [5.41, 5.74) is -2.23. The van der Waals surface area contributed by atoms with Gasteiger partial charge in [-0.25, -0.2) is 14.3 Å². The summed E-state index contributed by atoms with van der Waals surface area (Å²) in [7, 11) is 0. The summed E-state index contributed by atoms with van der Waals surface area (Å²) in [6, 6.07) is 0. The summed E-state index contributed by atoms with van der Waals surface area (Å²) in [5, 5.41) is 0. The van der Waals surface area contributed by atoms with E-state index in [2.05, 4.69) is 0 Å². The van der Waals surface area contributed by atoms with E-state index in [1.54, 1.807) is 46.1 Å². The third-order valence-corrected chi connectivity index (χ3v) is 6.19. The van der Waals surface area contributed by atoms with Crippen LogP contribution in [-0.2, 0) is 39.1 Å². The first kappa shape index (κ1) is 26.7. The predicted molar refractivity (Wildman–Crippen MR) is 131 cm³/mol. The zero-order valence-corrected chi connectivity index (χ0v) is 22.0. The fourth-order valence-corrected chi connectivity index (χ4v) is 4.15. The molecular formula is C25H38N4O6. The van der Waals surface area contributed by atoms with Gasteiger partial charge in [-0.3, -0.25) is 23.5 Å². The van der Waals surface area contributed by atoms with Crippen LogP contribution in [0.5, 0.6) is 0 Å². The van der Waals surface area contributed by atoms with E-state index in [-0.39, 0.29) is 37.1 Å². The Hall–Kier alpha value is -2.91. The van der Waals surface area contributed by atoms with E-state index >= 15 is 0 Å². The maximum Gasteiger partial charge on any atom is 0.335 e. The second-order valence-electron chi connectivity index (χ2n) is 11.3. The van der Waals surface area contributed by atoms with Crippen molar-refractivity contribution in [3.05, 3.63) is 26.7 Å². The van der Waals surface area contributed by atoms with E-state index in [1.807, 2.05) is 6.92 Å². The van der Waals surface area contributed by atoms with Gasteiger partial charge in [-0.2, -0.15) is 0 Å². The number of imidazole rings is 1. The van der Waals surface area contributed by atoms with E-state index in [0.29, 0.717) is 12.2 Å². The zero-order valence-electron chi connectivity index (χ0n) is 22.0. The number of esters is 2. The summed E-state index contributed by atoms with van der Waals surface area (Å²) in [6.07, 6.45) is 4.41. The minimum atomic E-state index is -0.754. The maximum atomic E-state index is 13.5. The SMILES string of the molecule is CCCn1c(=O)c2c(nc(C3CCCC3)n2COC(=O)C(C)(C)C)n(COC(=O)C(C)(C)C)c1=O. The molecule has 1 fully saturated rings. The molecule has 194 valence electrons. The smallest absolute Gasteiger partial charge is 0.335 e. The van der Waals surface area contributed by atoms with Crippen molar-refractivity contribution in [2.45, 2.75) is 106 Å². The maximum absolute atomic E-state index is 13.5. The molecule has 0 spiro atoms. The van der Waals surface area contributed by atoms with E-state index in [4.69, 9.17) is 14.5 Å². The molecule has 35 heavy (non-hydrogen) atoms. The Morgan fingerprint density at radius 3 is 1.89 bits per heavy atom. The van der Waals surface area contributed by atoms with Gasteiger partial charge in [0, 0.05) is 12.5 Å². The first-order valence-corrected chi connectivity index (χ1v) is 12.4. The van der Waals surface area contributed by atoms with Crippen LogP contribution in [0.2, 0.25) is 0 Å². The van der Waals surface area contributed by atoms with Crippen LogP contribution in [0.15, 0.2) is 9.59 Å². The third kappa shape index (κ3) is 5.51. The third-order valence-electron chi connectivity index (χ3n) is 6.19. The van der Waals surface area contributed by atoms with Gasteiger partial charge in [-0.05, 0) is 60.8 Å². The summed E-state index contributed by atoms with van der Waals surface area (Å²) < 4.78 is 15.0. The Morgan fingerprint density at radius 2 is 1.40 bits per heavy atom. The molecular weight excluding hydrogens is 452 g/mol. The molecule has 1 aliphatic rings. The summed E-state index contributed by atoms with van der Waals surface area (Å²) in [4.78, 5) is 56.5. The lowest BCUT2D eigenvalue weighted by molar-refractivity contribution is -0.157. The second-order valence-corrected chi connectivity index (χ2v) is 11.3. The Bertz CT molecular complexity index is 1220. The standard InChI is InChI=1S/C25H38N4O6/c1-8-13-27-20(30)17-19(29(23(27)33)15-35-22(32)25(5,6)7)26-18(16-11-9-10-12-16)28(17)14-34-21(31)24(2,3)4/h16H,8-15H2,1-7H3. The van der Waals surface area contributed by atoms with Gasteiger partial charge in [-0.1, -0.05) is 19.8 Å². The Morgan fingerprint density at radius 1 is 0.886 bits per heavy atom. The minimum Gasteiger partial charge on any atom is -0.443 e. The number of carbonyl (C=O) groups excluding carboxylic acids is 2. The second kappa shape index (κ2) is 9.99. The van der Waals surface area contributed by atoms with Crippen LogP contribution in [0, 0.1) is 10.8 Å². The number of hydrogen-bond acceptors (Lipinski definition) is 7. The summed E-state index contributed by atoms with van der Waals surface area (Å²) in [5.74, 6) is -0.185. The number of ether oxygens (including phenoxy) is 2. The average Bonchev–Trinajstić information content (AvgIpc) is 3.41. The van der Waals surface area contributed by atoms with E-state index in [0.717, 1.165) is 30.3 Å². The highest BCUT2D eigenvalue weighted by Crippen LogP contribution is 2.35. The fourth-order valence-electron chi connectivity index (χ4n) is 4.15. The molecule has 0 saturated heterocycles. The van der Waals surface area contributed by atoms with Crippen LogP contribution in [-0.4, -0.2) is 30.6 Å². The molecule has 2 heterocycles. The Labute approximate surface area is 205 Å². The molecule has 0 bridgehead atoms. The monoisotopic (exact) mass is 490 g/mol. The highest BCUT2D eigenvalue weighted by Gasteiger charge is 2.30. The van der Waals surface area contributed by atoms with Gasteiger partial charge in [0.15, 0.2) is 24.6 Å². The van der Waals surface area contributed by atoms with Gasteiger partial charge in [0.25, 0.3) is 5.56 Å². The highest BCUT2D eigenvalue weighted by molar-refractivity contribution is 5.76. The normalized spacial score (nSPS) is 15.1. The molecule has 0 atom stereocenters. The van der Waals surface area contributed by atoms with Crippen LogP contribution in [0.25, 0.3) is 11.2 Å².